The highest BCUT2D eigenvalue weighted by molar-refractivity contribution is 5.78. The first-order chi connectivity index (χ1) is 8.94. The zero-order valence-corrected chi connectivity index (χ0v) is 11.6. The summed E-state index contributed by atoms with van der Waals surface area (Å²) in [6.07, 6.45) is 3.92. The molecule has 0 spiro atoms. The van der Waals surface area contributed by atoms with E-state index in [1.807, 2.05) is 55.8 Å². The lowest BCUT2D eigenvalue weighted by atomic mass is 10.1. The second-order valence-corrected chi connectivity index (χ2v) is 5.60. The van der Waals surface area contributed by atoms with Gasteiger partial charge in [0.2, 0.25) is 5.91 Å². The maximum atomic E-state index is 11.6. The molecule has 0 atom stereocenters. The van der Waals surface area contributed by atoms with Crippen molar-refractivity contribution >= 4 is 11.6 Å². The van der Waals surface area contributed by atoms with Crippen LogP contribution in [0.5, 0.6) is 0 Å². The predicted molar refractivity (Wildman–Crippen MR) is 74.8 cm³/mol. The van der Waals surface area contributed by atoms with Crippen LogP contribution in [-0.4, -0.2) is 27.4 Å². The van der Waals surface area contributed by atoms with Crippen LogP contribution in [0.25, 0.3) is 5.65 Å². The lowest BCUT2D eigenvalue weighted by Gasteiger charge is -2.20. The molecule has 0 saturated carbocycles. The summed E-state index contributed by atoms with van der Waals surface area (Å²) in [6, 6.07) is 5.87. The number of imidazole rings is 1. The molecule has 19 heavy (non-hydrogen) atoms. The van der Waals surface area contributed by atoms with E-state index in [4.69, 9.17) is 0 Å². The quantitative estimate of drug-likeness (QED) is 0.872. The van der Waals surface area contributed by atoms with E-state index in [0.717, 1.165) is 11.3 Å². The molecule has 0 saturated heterocycles. The van der Waals surface area contributed by atoms with Crippen molar-refractivity contribution in [2.24, 2.45) is 0 Å². The number of fused-ring (bicyclic) bond motifs is 1. The Morgan fingerprint density at radius 3 is 2.84 bits per heavy atom. The SMILES string of the molecule is CC(C)(C)NC(=O)CNCc1cn2ccccc2n1. The third kappa shape index (κ3) is 4.06. The average Bonchev–Trinajstić information content (AvgIpc) is 2.68. The molecule has 5 nitrogen and oxygen atoms in total. The standard InChI is InChI=1S/C14H20N4O/c1-14(2,3)17-13(19)9-15-8-11-10-18-7-5-4-6-12(18)16-11/h4-7,10,15H,8-9H2,1-3H3,(H,17,19). The van der Waals surface area contributed by atoms with E-state index >= 15 is 0 Å². The number of rotatable bonds is 4. The Balaban J connectivity index is 1.84. The minimum absolute atomic E-state index is 0.00346. The van der Waals surface area contributed by atoms with Gasteiger partial charge in [0.15, 0.2) is 0 Å². The lowest BCUT2D eigenvalue weighted by molar-refractivity contribution is -0.121. The number of nitrogens with zero attached hydrogens (tertiary/aromatic N) is 2. The van der Waals surface area contributed by atoms with E-state index in [1.54, 1.807) is 0 Å². The highest BCUT2D eigenvalue weighted by atomic mass is 16.2. The van der Waals surface area contributed by atoms with Crippen LogP contribution in [0.15, 0.2) is 30.6 Å². The smallest absolute Gasteiger partial charge is 0.234 e. The Morgan fingerprint density at radius 2 is 2.16 bits per heavy atom. The largest absolute Gasteiger partial charge is 0.350 e. The van der Waals surface area contributed by atoms with Crippen molar-refractivity contribution in [1.29, 1.82) is 0 Å². The molecule has 0 unspecified atom stereocenters. The average molecular weight is 260 g/mol. The van der Waals surface area contributed by atoms with Gasteiger partial charge in [-0.15, -0.1) is 0 Å². The van der Waals surface area contributed by atoms with Gasteiger partial charge in [0.25, 0.3) is 0 Å². The van der Waals surface area contributed by atoms with Crippen LogP contribution in [0.1, 0.15) is 26.5 Å². The molecule has 0 aromatic carbocycles. The second kappa shape index (κ2) is 5.40. The number of hydrogen-bond donors (Lipinski definition) is 2. The normalized spacial score (nSPS) is 11.7. The first kappa shape index (κ1) is 13.5. The van der Waals surface area contributed by atoms with Crippen LogP contribution in [0.2, 0.25) is 0 Å². The fourth-order valence-electron chi connectivity index (χ4n) is 1.84. The molecule has 0 aliphatic carbocycles. The Kier molecular flexibility index (Phi) is 3.85. The Morgan fingerprint density at radius 1 is 1.37 bits per heavy atom. The highest BCUT2D eigenvalue weighted by Gasteiger charge is 2.13. The zero-order chi connectivity index (χ0) is 13.9. The molecule has 0 aliphatic rings. The van der Waals surface area contributed by atoms with E-state index in [9.17, 15) is 4.79 Å². The summed E-state index contributed by atoms with van der Waals surface area (Å²) in [5, 5.41) is 6.00. The lowest BCUT2D eigenvalue weighted by Crippen LogP contribution is -2.44. The number of hydrogen-bond acceptors (Lipinski definition) is 3. The molecule has 2 aromatic heterocycles. The molecule has 0 bridgehead atoms. The molecule has 1 amide bonds. The van der Waals surface area contributed by atoms with E-state index in [-0.39, 0.29) is 11.4 Å². The third-order valence-electron chi connectivity index (χ3n) is 2.52. The summed E-state index contributed by atoms with van der Waals surface area (Å²) in [5.41, 5.74) is 1.65. The molecule has 0 radical (unpaired) electrons. The molecule has 0 fully saturated rings. The molecule has 5 heteroatoms. The summed E-state index contributed by atoms with van der Waals surface area (Å²) >= 11 is 0. The number of nitrogens with one attached hydrogen (secondary N) is 2. The summed E-state index contributed by atoms with van der Waals surface area (Å²) in [5.74, 6) is -0.00346. The molecule has 2 aromatic rings. The Labute approximate surface area is 113 Å². The van der Waals surface area contributed by atoms with Crippen molar-refractivity contribution in [3.63, 3.8) is 0 Å². The van der Waals surface area contributed by atoms with Gasteiger partial charge in [-0.1, -0.05) is 6.07 Å². The monoisotopic (exact) mass is 260 g/mol. The van der Waals surface area contributed by atoms with Gasteiger partial charge in [-0.25, -0.2) is 4.98 Å². The third-order valence-corrected chi connectivity index (χ3v) is 2.52. The van der Waals surface area contributed by atoms with Gasteiger partial charge < -0.3 is 15.0 Å². The molecule has 0 aliphatic heterocycles. The second-order valence-electron chi connectivity index (χ2n) is 5.60. The fraction of sp³-hybridized carbons (Fsp3) is 0.429. The minimum Gasteiger partial charge on any atom is -0.350 e. The van der Waals surface area contributed by atoms with Gasteiger partial charge in [-0.05, 0) is 32.9 Å². The highest BCUT2D eigenvalue weighted by Crippen LogP contribution is 2.03. The van der Waals surface area contributed by atoms with Gasteiger partial charge in [-0.3, -0.25) is 4.79 Å². The number of pyridine rings is 1. The van der Waals surface area contributed by atoms with Crippen LogP contribution < -0.4 is 10.6 Å². The van der Waals surface area contributed by atoms with E-state index < -0.39 is 0 Å². The number of aromatic nitrogens is 2. The first-order valence-corrected chi connectivity index (χ1v) is 6.38. The van der Waals surface area contributed by atoms with Gasteiger partial charge in [0.05, 0.1) is 12.2 Å². The van der Waals surface area contributed by atoms with E-state index in [0.29, 0.717) is 13.1 Å². The molecule has 2 heterocycles. The molecule has 102 valence electrons. The number of carbonyl (C=O) groups is 1. The van der Waals surface area contributed by atoms with Crippen molar-refractivity contribution < 1.29 is 4.79 Å². The Bertz CT molecular complexity index is 535. The zero-order valence-electron chi connectivity index (χ0n) is 11.6. The summed E-state index contributed by atoms with van der Waals surface area (Å²) in [6.45, 7) is 6.78. The Hall–Kier alpha value is -1.88. The topological polar surface area (TPSA) is 58.4 Å². The van der Waals surface area contributed by atoms with Crippen LogP contribution in [0, 0.1) is 0 Å². The van der Waals surface area contributed by atoms with E-state index in [2.05, 4.69) is 15.6 Å². The van der Waals surface area contributed by atoms with Crippen molar-refractivity contribution in [3.05, 3.63) is 36.3 Å². The van der Waals surface area contributed by atoms with Crippen LogP contribution in [0.3, 0.4) is 0 Å². The van der Waals surface area contributed by atoms with Crippen molar-refractivity contribution in [2.75, 3.05) is 6.54 Å². The summed E-state index contributed by atoms with van der Waals surface area (Å²) in [4.78, 5) is 16.1. The van der Waals surface area contributed by atoms with Gasteiger partial charge in [0.1, 0.15) is 5.65 Å². The van der Waals surface area contributed by atoms with Crippen LogP contribution >= 0.6 is 0 Å². The fourth-order valence-corrected chi connectivity index (χ4v) is 1.84. The number of carbonyl (C=O) groups excluding carboxylic acids is 1. The molecular formula is C14H20N4O. The maximum Gasteiger partial charge on any atom is 0.234 e. The van der Waals surface area contributed by atoms with Gasteiger partial charge >= 0.3 is 0 Å². The molecular weight excluding hydrogens is 240 g/mol. The minimum atomic E-state index is -0.193. The number of amides is 1. The maximum absolute atomic E-state index is 11.6. The van der Waals surface area contributed by atoms with Crippen LogP contribution in [-0.2, 0) is 11.3 Å². The predicted octanol–water partition coefficient (Wildman–Crippen LogP) is 1.34. The summed E-state index contributed by atoms with van der Waals surface area (Å²) < 4.78 is 1.96. The summed E-state index contributed by atoms with van der Waals surface area (Å²) in [7, 11) is 0. The van der Waals surface area contributed by atoms with Crippen molar-refractivity contribution in [1.82, 2.24) is 20.0 Å². The first-order valence-electron chi connectivity index (χ1n) is 6.38. The van der Waals surface area contributed by atoms with Crippen molar-refractivity contribution in [2.45, 2.75) is 32.9 Å². The van der Waals surface area contributed by atoms with Crippen molar-refractivity contribution in [3.8, 4) is 0 Å². The molecule has 2 N–H and O–H groups in total. The van der Waals surface area contributed by atoms with Gasteiger partial charge in [-0.2, -0.15) is 0 Å². The van der Waals surface area contributed by atoms with E-state index in [1.165, 1.54) is 0 Å². The van der Waals surface area contributed by atoms with Crippen LogP contribution in [0.4, 0.5) is 0 Å². The molecule has 2 rings (SSSR count). The van der Waals surface area contributed by atoms with Gasteiger partial charge in [0, 0.05) is 24.5 Å².